The molecule has 2 atom stereocenters. The summed E-state index contributed by atoms with van der Waals surface area (Å²) < 4.78 is 5.19. The van der Waals surface area contributed by atoms with E-state index in [0.29, 0.717) is 5.69 Å². The largest absolute Gasteiger partial charge is 0.449 e. The molecular formula is C21H28N4O5. The molecule has 1 N–H and O–H groups in total. The molecule has 1 fully saturated rings. The Labute approximate surface area is 176 Å². The summed E-state index contributed by atoms with van der Waals surface area (Å²) in [6.07, 6.45) is 1.86. The highest BCUT2D eigenvalue weighted by atomic mass is 16.6. The SMILES string of the molecule is CC(C)[C@](C)(C#N)NC(=O)[C@H](C)OC(=O)c1ccc(N2CCCCC2)c([N+](=O)[O-])c1. The summed E-state index contributed by atoms with van der Waals surface area (Å²) >= 11 is 0. The van der Waals surface area contributed by atoms with E-state index in [1.165, 1.54) is 19.1 Å². The van der Waals surface area contributed by atoms with Crippen molar-refractivity contribution in [2.24, 2.45) is 5.92 Å². The minimum atomic E-state index is -1.16. The number of nitro benzene ring substituents is 1. The summed E-state index contributed by atoms with van der Waals surface area (Å²) in [6.45, 7) is 8.03. The number of nitro groups is 1. The second-order valence-corrected chi connectivity index (χ2v) is 8.01. The molecule has 1 aromatic rings. The van der Waals surface area contributed by atoms with Crippen molar-refractivity contribution >= 4 is 23.3 Å². The zero-order valence-electron chi connectivity index (χ0n) is 17.8. The van der Waals surface area contributed by atoms with Crippen LogP contribution in [0.2, 0.25) is 0 Å². The Morgan fingerprint density at radius 3 is 2.43 bits per heavy atom. The molecule has 9 nitrogen and oxygen atoms in total. The molecular weight excluding hydrogens is 388 g/mol. The molecule has 0 aromatic heterocycles. The lowest BCUT2D eigenvalue weighted by Crippen LogP contribution is -2.52. The van der Waals surface area contributed by atoms with Crippen molar-refractivity contribution in [3.8, 4) is 6.07 Å². The smallest absolute Gasteiger partial charge is 0.339 e. The van der Waals surface area contributed by atoms with Crippen LogP contribution in [0.4, 0.5) is 11.4 Å². The van der Waals surface area contributed by atoms with Gasteiger partial charge in [-0.2, -0.15) is 5.26 Å². The number of ether oxygens (including phenoxy) is 1. The maximum Gasteiger partial charge on any atom is 0.339 e. The zero-order valence-corrected chi connectivity index (χ0v) is 17.8. The Morgan fingerprint density at radius 2 is 1.90 bits per heavy atom. The third-order valence-corrected chi connectivity index (χ3v) is 5.53. The van der Waals surface area contributed by atoms with E-state index in [-0.39, 0.29) is 17.2 Å². The van der Waals surface area contributed by atoms with Gasteiger partial charge in [0.25, 0.3) is 11.6 Å². The number of esters is 1. The lowest BCUT2D eigenvalue weighted by Gasteiger charge is -2.29. The van der Waals surface area contributed by atoms with Crippen molar-refractivity contribution in [1.82, 2.24) is 5.32 Å². The topological polar surface area (TPSA) is 126 Å². The summed E-state index contributed by atoms with van der Waals surface area (Å²) in [6, 6.07) is 6.26. The number of nitrogens with one attached hydrogen (secondary N) is 1. The van der Waals surface area contributed by atoms with Crippen LogP contribution < -0.4 is 10.2 Å². The van der Waals surface area contributed by atoms with E-state index in [1.807, 2.05) is 4.90 Å². The molecule has 1 saturated heterocycles. The summed E-state index contributed by atoms with van der Waals surface area (Å²) in [4.78, 5) is 37.8. The quantitative estimate of drug-likeness (QED) is 0.411. The van der Waals surface area contributed by atoms with Gasteiger partial charge >= 0.3 is 5.97 Å². The van der Waals surface area contributed by atoms with Crippen molar-refractivity contribution in [3.05, 3.63) is 33.9 Å². The standard InChI is InChI=1S/C21H28N4O5/c1-14(2)21(4,13-22)23-19(26)15(3)30-20(27)16-8-9-17(18(12-16)25(28)29)24-10-6-5-7-11-24/h8-9,12,14-15H,5-7,10-11H2,1-4H3,(H,23,26)/t15-,21-/m0/s1. The van der Waals surface area contributed by atoms with Crippen LogP contribution in [0.15, 0.2) is 18.2 Å². The molecule has 162 valence electrons. The Bertz CT molecular complexity index is 857. The third-order valence-electron chi connectivity index (χ3n) is 5.53. The average Bonchev–Trinajstić information content (AvgIpc) is 2.73. The summed E-state index contributed by atoms with van der Waals surface area (Å²) in [5.41, 5.74) is -0.801. The van der Waals surface area contributed by atoms with Gasteiger partial charge < -0.3 is 15.0 Å². The number of nitrogens with zero attached hydrogens (tertiary/aromatic N) is 3. The fourth-order valence-electron chi connectivity index (χ4n) is 3.14. The Morgan fingerprint density at radius 1 is 1.27 bits per heavy atom. The number of hydrogen-bond donors (Lipinski definition) is 1. The maximum absolute atomic E-state index is 12.5. The van der Waals surface area contributed by atoms with Crippen LogP contribution in [0.25, 0.3) is 0 Å². The first-order chi connectivity index (χ1) is 14.1. The van der Waals surface area contributed by atoms with E-state index in [1.54, 1.807) is 26.8 Å². The van der Waals surface area contributed by atoms with Gasteiger partial charge in [-0.1, -0.05) is 13.8 Å². The number of carbonyl (C=O) groups is 2. The summed E-state index contributed by atoms with van der Waals surface area (Å²) in [5.74, 6) is -1.60. The van der Waals surface area contributed by atoms with Crippen molar-refractivity contribution in [2.75, 3.05) is 18.0 Å². The number of carbonyl (C=O) groups excluding carboxylic acids is 2. The maximum atomic E-state index is 12.5. The van der Waals surface area contributed by atoms with Gasteiger partial charge in [-0.15, -0.1) is 0 Å². The first-order valence-electron chi connectivity index (χ1n) is 10.1. The van der Waals surface area contributed by atoms with Gasteiger partial charge in [0.05, 0.1) is 16.6 Å². The Hall–Kier alpha value is -3.15. The normalized spacial score (nSPS) is 16.9. The zero-order chi connectivity index (χ0) is 22.5. The molecule has 1 aliphatic heterocycles. The fourth-order valence-corrected chi connectivity index (χ4v) is 3.14. The summed E-state index contributed by atoms with van der Waals surface area (Å²) in [5, 5.41) is 23.5. The lowest BCUT2D eigenvalue weighted by molar-refractivity contribution is -0.384. The van der Waals surface area contributed by atoms with E-state index in [9.17, 15) is 25.0 Å². The number of piperidine rings is 1. The van der Waals surface area contributed by atoms with E-state index in [4.69, 9.17) is 4.74 Å². The van der Waals surface area contributed by atoms with Crippen molar-refractivity contribution in [2.45, 2.75) is 58.6 Å². The van der Waals surface area contributed by atoms with Gasteiger partial charge in [0.2, 0.25) is 0 Å². The minimum Gasteiger partial charge on any atom is -0.449 e. The van der Waals surface area contributed by atoms with E-state index < -0.39 is 28.4 Å². The van der Waals surface area contributed by atoms with Crippen LogP contribution in [-0.2, 0) is 9.53 Å². The highest BCUT2D eigenvalue weighted by Crippen LogP contribution is 2.31. The monoisotopic (exact) mass is 416 g/mol. The van der Waals surface area contributed by atoms with Crippen LogP contribution in [-0.4, -0.2) is 41.5 Å². The highest BCUT2D eigenvalue weighted by Gasteiger charge is 2.33. The molecule has 0 aliphatic carbocycles. The molecule has 1 aromatic carbocycles. The third kappa shape index (κ3) is 5.26. The predicted molar refractivity (Wildman–Crippen MR) is 111 cm³/mol. The number of rotatable bonds is 7. The van der Waals surface area contributed by atoms with Gasteiger partial charge in [0.1, 0.15) is 11.2 Å². The van der Waals surface area contributed by atoms with Gasteiger partial charge in [-0.05, 0) is 51.2 Å². The summed E-state index contributed by atoms with van der Waals surface area (Å²) in [7, 11) is 0. The van der Waals surface area contributed by atoms with Crippen molar-refractivity contribution in [1.29, 1.82) is 5.26 Å². The van der Waals surface area contributed by atoms with E-state index in [0.717, 1.165) is 32.4 Å². The molecule has 0 unspecified atom stereocenters. The second-order valence-electron chi connectivity index (χ2n) is 8.01. The molecule has 30 heavy (non-hydrogen) atoms. The molecule has 0 saturated carbocycles. The van der Waals surface area contributed by atoms with Gasteiger partial charge in [0, 0.05) is 19.2 Å². The van der Waals surface area contributed by atoms with Gasteiger partial charge in [0.15, 0.2) is 6.10 Å². The lowest BCUT2D eigenvalue weighted by atomic mass is 9.90. The predicted octanol–water partition coefficient (Wildman–Crippen LogP) is 3.18. The van der Waals surface area contributed by atoms with Crippen LogP contribution in [0.3, 0.4) is 0 Å². The van der Waals surface area contributed by atoms with Crippen LogP contribution in [0, 0.1) is 27.4 Å². The first-order valence-corrected chi connectivity index (χ1v) is 10.1. The number of benzene rings is 1. The average molecular weight is 416 g/mol. The van der Waals surface area contributed by atoms with Crippen LogP contribution in [0.5, 0.6) is 0 Å². The molecule has 0 bridgehead atoms. The molecule has 2 rings (SSSR count). The van der Waals surface area contributed by atoms with E-state index >= 15 is 0 Å². The van der Waals surface area contributed by atoms with Crippen molar-refractivity contribution < 1.29 is 19.2 Å². The number of amides is 1. The Balaban J connectivity index is 2.14. The molecule has 0 spiro atoms. The number of anilines is 1. The minimum absolute atomic E-state index is 0.00554. The van der Waals surface area contributed by atoms with E-state index in [2.05, 4.69) is 11.4 Å². The van der Waals surface area contributed by atoms with Gasteiger partial charge in [-0.25, -0.2) is 4.79 Å². The van der Waals surface area contributed by atoms with Gasteiger partial charge in [-0.3, -0.25) is 14.9 Å². The first kappa shape index (κ1) is 23.1. The molecule has 0 radical (unpaired) electrons. The van der Waals surface area contributed by atoms with Crippen LogP contribution in [0.1, 0.15) is 57.3 Å². The molecule has 1 heterocycles. The van der Waals surface area contributed by atoms with Crippen LogP contribution >= 0.6 is 0 Å². The fraction of sp³-hybridized carbons (Fsp3) is 0.571. The molecule has 1 aliphatic rings. The number of hydrogen-bond acceptors (Lipinski definition) is 7. The van der Waals surface area contributed by atoms with Crippen molar-refractivity contribution in [3.63, 3.8) is 0 Å². The molecule has 9 heteroatoms. The molecule has 1 amide bonds. The number of nitriles is 1. The Kier molecular flexibility index (Phi) is 7.38. The second kappa shape index (κ2) is 9.57. The highest BCUT2D eigenvalue weighted by molar-refractivity contribution is 5.94.